The predicted octanol–water partition coefficient (Wildman–Crippen LogP) is 4.59. The van der Waals surface area contributed by atoms with Crippen molar-refractivity contribution in [3.05, 3.63) is 40.1 Å². The van der Waals surface area contributed by atoms with Crippen LogP contribution in [-0.4, -0.2) is 23.1 Å². The van der Waals surface area contributed by atoms with Crippen LogP contribution in [0.1, 0.15) is 30.7 Å². The maximum Gasteiger partial charge on any atom is 0.136 e. The summed E-state index contributed by atoms with van der Waals surface area (Å²) in [6, 6.07) is 8.28. The molecule has 0 radical (unpaired) electrons. The van der Waals surface area contributed by atoms with E-state index in [0.29, 0.717) is 0 Å². The van der Waals surface area contributed by atoms with Crippen LogP contribution >= 0.6 is 15.9 Å². The lowest BCUT2D eigenvalue weighted by atomic mass is 10.1. The standard InChI is InChI=1S/C17H21BrN4/c1-12-6-7-14(10-15(12)18)21-16-11-17(20-13(2)19-16)22-8-4-3-5-9-22/h6-7,10-11H,3-5,8-9H2,1-2H3,(H,19,20,21). The molecule has 116 valence electrons. The second kappa shape index (κ2) is 6.65. The lowest BCUT2D eigenvalue weighted by Gasteiger charge is -2.28. The lowest BCUT2D eigenvalue weighted by Crippen LogP contribution is -2.30. The minimum absolute atomic E-state index is 0.803. The molecule has 1 aromatic carbocycles. The first kappa shape index (κ1) is 15.3. The van der Waals surface area contributed by atoms with Crippen LogP contribution < -0.4 is 10.2 Å². The molecule has 1 aliphatic rings. The van der Waals surface area contributed by atoms with Gasteiger partial charge in [-0.05, 0) is 50.8 Å². The van der Waals surface area contributed by atoms with Gasteiger partial charge in [0.15, 0.2) is 0 Å². The van der Waals surface area contributed by atoms with E-state index < -0.39 is 0 Å². The third-order valence-corrected chi connectivity index (χ3v) is 4.80. The van der Waals surface area contributed by atoms with Crippen molar-refractivity contribution >= 4 is 33.3 Å². The van der Waals surface area contributed by atoms with E-state index >= 15 is 0 Å². The molecule has 0 aliphatic carbocycles. The molecule has 0 bridgehead atoms. The monoisotopic (exact) mass is 360 g/mol. The van der Waals surface area contributed by atoms with Crippen molar-refractivity contribution in [2.45, 2.75) is 33.1 Å². The highest BCUT2D eigenvalue weighted by Gasteiger charge is 2.14. The van der Waals surface area contributed by atoms with Crippen molar-refractivity contribution in [3.63, 3.8) is 0 Å². The van der Waals surface area contributed by atoms with Gasteiger partial charge in [0.1, 0.15) is 17.5 Å². The van der Waals surface area contributed by atoms with Crippen LogP contribution in [-0.2, 0) is 0 Å². The molecule has 0 amide bonds. The fraction of sp³-hybridized carbons (Fsp3) is 0.412. The van der Waals surface area contributed by atoms with Crippen molar-refractivity contribution < 1.29 is 0 Å². The first-order chi connectivity index (χ1) is 10.6. The number of hydrogen-bond donors (Lipinski definition) is 1. The van der Waals surface area contributed by atoms with Crippen molar-refractivity contribution in [1.82, 2.24) is 9.97 Å². The van der Waals surface area contributed by atoms with E-state index in [9.17, 15) is 0 Å². The molecule has 0 atom stereocenters. The summed E-state index contributed by atoms with van der Waals surface area (Å²) in [5.74, 6) is 2.68. The second-order valence-electron chi connectivity index (χ2n) is 5.80. The fourth-order valence-corrected chi connectivity index (χ4v) is 3.10. The molecule has 0 spiro atoms. The smallest absolute Gasteiger partial charge is 0.136 e. The predicted molar refractivity (Wildman–Crippen MR) is 95.0 cm³/mol. The summed E-state index contributed by atoms with van der Waals surface area (Å²) < 4.78 is 1.10. The number of rotatable bonds is 3. The highest BCUT2D eigenvalue weighted by atomic mass is 79.9. The molecule has 0 saturated carbocycles. The second-order valence-corrected chi connectivity index (χ2v) is 6.65. The number of benzene rings is 1. The van der Waals surface area contributed by atoms with Crippen LogP contribution in [0.25, 0.3) is 0 Å². The van der Waals surface area contributed by atoms with Gasteiger partial charge in [-0.3, -0.25) is 0 Å². The summed E-state index contributed by atoms with van der Waals surface area (Å²) >= 11 is 3.57. The summed E-state index contributed by atoms with van der Waals surface area (Å²) in [7, 11) is 0. The third kappa shape index (κ3) is 3.58. The Morgan fingerprint density at radius 3 is 2.55 bits per heavy atom. The van der Waals surface area contributed by atoms with E-state index in [2.05, 4.69) is 61.2 Å². The first-order valence-electron chi connectivity index (χ1n) is 7.75. The average molecular weight is 361 g/mol. The van der Waals surface area contributed by atoms with Crippen LogP contribution in [0.15, 0.2) is 28.7 Å². The Morgan fingerprint density at radius 1 is 1.05 bits per heavy atom. The first-order valence-corrected chi connectivity index (χ1v) is 8.55. The SMILES string of the molecule is Cc1nc(Nc2ccc(C)c(Br)c2)cc(N2CCCCC2)n1. The zero-order valence-corrected chi connectivity index (χ0v) is 14.7. The fourth-order valence-electron chi connectivity index (χ4n) is 2.72. The summed E-state index contributed by atoms with van der Waals surface area (Å²) in [5, 5.41) is 3.38. The lowest BCUT2D eigenvalue weighted by molar-refractivity contribution is 0.572. The van der Waals surface area contributed by atoms with Crippen LogP contribution in [0.2, 0.25) is 0 Å². The molecule has 1 N–H and O–H groups in total. The molecule has 2 heterocycles. The van der Waals surface area contributed by atoms with E-state index in [1.54, 1.807) is 0 Å². The molecule has 5 heteroatoms. The molecule has 4 nitrogen and oxygen atoms in total. The van der Waals surface area contributed by atoms with Gasteiger partial charge in [0.25, 0.3) is 0 Å². The number of aryl methyl sites for hydroxylation is 2. The number of anilines is 3. The number of hydrogen-bond acceptors (Lipinski definition) is 4. The maximum atomic E-state index is 4.60. The van der Waals surface area contributed by atoms with Crippen LogP contribution in [0, 0.1) is 13.8 Å². The Morgan fingerprint density at radius 2 is 1.82 bits per heavy atom. The Labute approximate surface area is 140 Å². The van der Waals surface area contributed by atoms with Crippen LogP contribution in [0.5, 0.6) is 0 Å². The number of nitrogens with zero attached hydrogens (tertiary/aromatic N) is 3. The Balaban J connectivity index is 1.83. The third-order valence-electron chi connectivity index (χ3n) is 3.95. The Kier molecular flexibility index (Phi) is 4.62. The van der Waals surface area contributed by atoms with E-state index in [1.807, 2.05) is 13.0 Å². The normalized spacial score (nSPS) is 15.0. The van der Waals surface area contributed by atoms with E-state index in [1.165, 1.54) is 24.8 Å². The average Bonchev–Trinajstić information content (AvgIpc) is 2.51. The summed E-state index contributed by atoms with van der Waals surface area (Å²) in [6.45, 7) is 6.21. The molecule has 1 aromatic heterocycles. The van der Waals surface area contributed by atoms with E-state index in [-0.39, 0.29) is 0 Å². The molecule has 22 heavy (non-hydrogen) atoms. The van der Waals surface area contributed by atoms with Gasteiger partial charge >= 0.3 is 0 Å². The quantitative estimate of drug-likeness (QED) is 0.868. The van der Waals surface area contributed by atoms with E-state index in [4.69, 9.17) is 0 Å². The van der Waals surface area contributed by atoms with Gasteiger partial charge in [-0.2, -0.15) is 0 Å². The highest BCUT2D eigenvalue weighted by molar-refractivity contribution is 9.10. The minimum Gasteiger partial charge on any atom is -0.356 e. The molecule has 3 rings (SSSR count). The summed E-state index contributed by atoms with van der Waals surface area (Å²) in [5.41, 5.74) is 2.25. The van der Waals surface area contributed by atoms with Gasteiger partial charge in [-0.25, -0.2) is 9.97 Å². The van der Waals surface area contributed by atoms with Gasteiger partial charge in [0, 0.05) is 29.3 Å². The molecular weight excluding hydrogens is 340 g/mol. The molecule has 0 unspecified atom stereocenters. The molecular formula is C17H21BrN4. The maximum absolute atomic E-state index is 4.60. The Bertz CT molecular complexity index is 666. The molecule has 1 saturated heterocycles. The van der Waals surface area contributed by atoms with Gasteiger partial charge in [0.2, 0.25) is 0 Å². The molecule has 2 aromatic rings. The highest BCUT2D eigenvalue weighted by Crippen LogP contribution is 2.25. The number of nitrogens with one attached hydrogen (secondary N) is 1. The number of halogens is 1. The minimum atomic E-state index is 0.803. The van der Waals surface area contributed by atoms with Gasteiger partial charge in [-0.15, -0.1) is 0 Å². The van der Waals surface area contributed by atoms with Crippen LogP contribution in [0.4, 0.5) is 17.3 Å². The van der Waals surface area contributed by atoms with Crippen molar-refractivity contribution in [2.75, 3.05) is 23.3 Å². The van der Waals surface area contributed by atoms with Crippen molar-refractivity contribution in [3.8, 4) is 0 Å². The summed E-state index contributed by atoms with van der Waals surface area (Å²) in [6.07, 6.45) is 3.82. The largest absolute Gasteiger partial charge is 0.356 e. The topological polar surface area (TPSA) is 41.1 Å². The van der Waals surface area contributed by atoms with Gasteiger partial charge < -0.3 is 10.2 Å². The summed E-state index contributed by atoms with van der Waals surface area (Å²) in [4.78, 5) is 11.5. The van der Waals surface area contributed by atoms with E-state index in [0.717, 1.165) is 40.7 Å². The number of aromatic nitrogens is 2. The van der Waals surface area contributed by atoms with Gasteiger partial charge in [0.05, 0.1) is 0 Å². The Hall–Kier alpha value is -1.62. The zero-order chi connectivity index (χ0) is 15.5. The van der Waals surface area contributed by atoms with Crippen molar-refractivity contribution in [2.24, 2.45) is 0 Å². The molecule has 1 aliphatic heterocycles. The molecule has 1 fully saturated rings. The number of piperidine rings is 1. The van der Waals surface area contributed by atoms with Gasteiger partial charge in [-0.1, -0.05) is 22.0 Å². The van der Waals surface area contributed by atoms with Crippen LogP contribution in [0.3, 0.4) is 0 Å². The van der Waals surface area contributed by atoms with Crippen molar-refractivity contribution in [1.29, 1.82) is 0 Å². The zero-order valence-electron chi connectivity index (χ0n) is 13.1.